The Balaban J connectivity index is 1.30. The van der Waals surface area contributed by atoms with Crippen molar-refractivity contribution < 1.29 is 18.0 Å². The zero-order valence-corrected chi connectivity index (χ0v) is 16.6. The van der Waals surface area contributed by atoms with E-state index in [2.05, 4.69) is 15.5 Å². The number of fused-ring (bicyclic) bond motifs is 1. The van der Waals surface area contributed by atoms with Crippen LogP contribution in [0.3, 0.4) is 0 Å². The molecule has 152 valence electrons. The molecule has 0 bridgehead atoms. The molecule has 0 radical (unpaired) electrons. The minimum atomic E-state index is -3.93. The Hall–Kier alpha value is -3.46. The number of anilines is 2. The fraction of sp³-hybridized carbons (Fsp3) is 0.190. The number of amides is 2. The third kappa shape index (κ3) is 3.17. The Morgan fingerprint density at radius 2 is 1.87 bits per heavy atom. The lowest BCUT2D eigenvalue weighted by Gasteiger charge is -2.15. The van der Waals surface area contributed by atoms with Crippen LogP contribution in [0.2, 0.25) is 0 Å². The topological polar surface area (TPSA) is 112 Å². The summed E-state index contributed by atoms with van der Waals surface area (Å²) in [5.41, 5.74) is 2.12. The molecular weight excluding hydrogens is 404 g/mol. The van der Waals surface area contributed by atoms with Crippen molar-refractivity contribution in [1.29, 1.82) is 0 Å². The van der Waals surface area contributed by atoms with E-state index in [1.165, 1.54) is 24.3 Å². The van der Waals surface area contributed by atoms with Gasteiger partial charge in [0.25, 0.3) is 15.9 Å². The Labute approximate surface area is 173 Å². The largest absolute Gasteiger partial charge is 0.309 e. The average molecular weight is 422 g/mol. The van der Waals surface area contributed by atoms with Crippen molar-refractivity contribution in [1.82, 2.24) is 10.2 Å². The van der Waals surface area contributed by atoms with Crippen LogP contribution in [-0.4, -0.2) is 30.4 Å². The quantitative estimate of drug-likeness (QED) is 0.657. The van der Waals surface area contributed by atoms with Crippen molar-refractivity contribution >= 4 is 33.3 Å². The number of rotatable bonds is 5. The SMILES string of the molecule is O=C(Cc1ccc(N2C(=O)c3ccccc3S2(=O)=O)cc1)Nc1cc(C2CC2)[nH]n1. The van der Waals surface area contributed by atoms with Crippen LogP contribution in [0, 0.1) is 0 Å². The fourth-order valence-corrected chi connectivity index (χ4v) is 5.16. The molecule has 0 atom stereocenters. The molecular formula is C21H18N4O4S. The number of nitrogens with one attached hydrogen (secondary N) is 2. The summed E-state index contributed by atoms with van der Waals surface area (Å²) in [4.78, 5) is 24.9. The van der Waals surface area contributed by atoms with E-state index < -0.39 is 15.9 Å². The van der Waals surface area contributed by atoms with Crippen LogP contribution in [0.1, 0.15) is 40.4 Å². The molecule has 5 rings (SSSR count). The van der Waals surface area contributed by atoms with Crippen LogP contribution >= 0.6 is 0 Å². The van der Waals surface area contributed by atoms with Gasteiger partial charge in [0.1, 0.15) is 4.90 Å². The average Bonchev–Trinajstić information content (AvgIpc) is 3.44. The Bertz CT molecular complexity index is 1260. The second-order valence-corrected chi connectivity index (χ2v) is 9.20. The number of sulfonamides is 1. The summed E-state index contributed by atoms with van der Waals surface area (Å²) >= 11 is 0. The van der Waals surface area contributed by atoms with Crippen molar-refractivity contribution in [3.05, 3.63) is 71.4 Å². The van der Waals surface area contributed by atoms with Gasteiger partial charge in [0.15, 0.2) is 5.82 Å². The number of carbonyl (C=O) groups excluding carboxylic acids is 2. The van der Waals surface area contributed by atoms with E-state index in [0.717, 1.165) is 22.8 Å². The minimum absolute atomic E-state index is 0.00280. The van der Waals surface area contributed by atoms with Crippen molar-refractivity contribution in [2.24, 2.45) is 0 Å². The summed E-state index contributed by atoms with van der Waals surface area (Å²) in [6.45, 7) is 0. The molecule has 9 heteroatoms. The van der Waals surface area contributed by atoms with Crippen LogP contribution < -0.4 is 9.62 Å². The van der Waals surface area contributed by atoms with Crippen LogP contribution in [-0.2, 0) is 21.2 Å². The lowest BCUT2D eigenvalue weighted by molar-refractivity contribution is -0.115. The van der Waals surface area contributed by atoms with E-state index in [-0.39, 0.29) is 28.5 Å². The molecule has 2 heterocycles. The van der Waals surface area contributed by atoms with Gasteiger partial charge in [-0.2, -0.15) is 9.40 Å². The summed E-state index contributed by atoms with van der Waals surface area (Å²) in [5.74, 6) is 0.200. The Morgan fingerprint density at radius 3 is 2.57 bits per heavy atom. The molecule has 2 amide bonds. The predicted molar refractivity (Wildman–Crippen MR) is 110 cm³/mol. The first-order valence-corrected chi connectivity index (χ1v) is 11.0. The number of hydrogen-bond acceptors (Lipinski definition) is 5. The summed E-state index contributed by atoms with van der Waals surface area (Å²) in [7, 11) is -3.93. The van der Waals surface area contributed by atoms with Gasteiger partial charge in [-0.3, -0.25) is 14.7 Å². The van der Waals surface area contributed by atoms with Gasteiger partial charge in [-0.15, -0.1) is 0 Å². The van der Waals surface area contributed by atoms with E-state index in [4.69, 9.17) is 0 Å². The highest BCUT2D eigenvalue weighted by molar-refractivity contribution is 7.94. The van der Waals surface area contributed by atoms with Gasteiger partial charge in [0.05, 0.1) is 17.7 Å². The van der Waals surface area contributed by atoms with Gasteiger partial charge >= 0.3 is 0 Å². The molecule has 1 saturated carbocycles. The molecule has 0 saturated heterocycles. The van der Waals surface area contributed by atoms with Crippen LogP contribution in [0.15, 0.2) is 59.5 Å². The van der Waals surface area contributed by atoms with E-state index in [1.54, 1.807) is 24.3 Å². The van der Waals surface area contributed by atoms with E-state index in [1.807, 2.05) is 6.07 Å². The van der Waals surface area contributed by atoms with E-state index in [9.17, 15) is 18.0 Å². The molecule has 1 aliphatic carbocycles. The molecule has 0 unspecified atom stereocenters. The maximum absolute atomic E-state index is 12.7. The smallest absolute Gasteiger partial charge is 0.273 e. The van der Waals surface area contributed by atoms with E-state index in [0.29, 0.717) is 17.3 Å². The highest BCUT2D eigenvalue weighted by Crippen LogP contribution is 2.39. The Morgan fingerprint density at radius 1 is 1.13 bits per heavy atom. The fourth-order valence-electron chi connectivity index (χ4n) is 3.57. The molecule has 1 aliphatic heterocycles. The molecule has 0 spiro atoms. The van der Waals surface area contributed by atoms with Crippen LogP contribution in [0.5, 0.6) is 0 Å². The summed E-state index contributed by atoms with van der Waals surface area (Å²) < 4.78 is 26.3. The van der Waals surface area contributed by atoms with Gasteiger partial charge < -0.3 is 5.32 Å². The first-order valence-electron chi connectivity index (χ1n) is 9.56. The van der Waals surface area contributed by atoms with Gasteiger partial charge in [-0.1, -0.05) is 24.3 Å². The molecule has 2 N–H and O–H groups in total. The number of benzene rings is 2. The summed E-state index contributed by atoms with van der Waals surface area (Å²) in [5, 5.41) is 9.79. The van der Waals surface area contributed by atoms with Crippen molar-refractivity contribution in [3.8, 4) is 0 Å². The zero-order chi connectivity index (χ0) is 20.9. The minimum Gasteiger partial charge on any atom is -0.309 e. The normalized spacial score (nSPS) is 17.1. The first-order chi connectivity index (χ1) is 14.4. The third-order valence-electron chi connectivity index (χ3n) is 5.24. The van der Waals surface area contributed by atoms with E-state index >= 15 is 0 Å². The lowest BCUT2D eigenvalue weighted by atomic mass is 10.1. The van der Waals surface area contributed by atoms with Crippen molar-refractivity contribution in [2.75, 3.05) is 9.62 Å². The molecule has 2 aromatic carbocycles. The summed E-state index contributed by atoms with van der Waals surface area (Å²) in [6, 6.07) is 14.3. The second-order valence-electron chi connectivity index (χ2n) is 7.44. The van der Waals surface area contributed by atoms with Gasteiger partial charge in [-0.05, 0) is 42.7 Å². The second kappa shape index (κ2) is 6.81. The first kappa shape index (κ1) is 18.6. The standard InChI is InChI=1S/C21H18N4O4S/c26-20(22-19-12-17(23-24-19)14-7-8-14)11-13-5-9-15(10-6-13)25-21(27)16-3-1-2-4-18(16)30(25,28)29/h1-6,9-10,12,14H,7-8,11H2,(H2,22,23,24,26). The van der Waals surface area contributed by atoms with Crippen molar-refractivity contribution in [2.45, 2.75) is 30.1 Å². The molecule has 30 heavy (non-hydrogen) atoms. The van der Waals surface area contributed by atoms with Gasteiger partial charge in [0, 0.05) is 17.7 Å². The molecule has 1 aromatic heterocycles. The predicted octanol–water partition coefficient (Wildman–Crippen LogP) is 2.82. The highest BCUT2D eigenvalue weighted by Gasteiger charge is 2.41. The molecule has 1 fully saturated rings. The third-order valence-corrected chi connectivity index (χ3v) is 7.01. The number of aromatic amines is 1. The number of carbonyl (C=O) groups is 2. The Kier molecular flexibility index (Phi) is 4.21. The van der Waals surface area contributed by atoms with Gasteiger partial charge in [0.2, 0.25) is 5.91 Å². The number of nitrogens with zero attached hydrogens (tertiary/aromatic N) is 2. The van der Waals surface area contributed by atoms with Crippen LogP contribution in [0.4, 0.5) is 11.5 Å². The number of hydrogen-bond donors (Lipinski definition) is 2. The maximum Gasteiger partial charge on any atom is 0.273 e. The summed E-state index contributed by atoms with van der Waals surface area (Å²) in [6.07, 6.45) is 2.39. The molecule has 8 nitrogen and oxygen atoms in total. The van der Waals surface area contributed by atoms with Gasteiger partial charge in [-0.25, -0.2) is 8.42 Å². The van der Waals surface area contributed by atoms with Crippen LogP contribution in [0.25, 0.3) is 0 Å². The zero-order valence-electron chi connectivity index (χ0n) is 15.8. The molecule has 3 aromatic rings. The monoisotopic (exact) mass is 422 g/mol. The number of aromatic nitrogens is 2. The number of H-pyrrole nitrogens is 1. The maximum atomic E-state index is 12.7. The highest BCUT2D eigenvalue weighted by atomic mass is 32.2. The lowest BCUT2D eigenvalue weighted by Crippen LogP contribution is -2.29. The molecule has 2 aliphatic rings. The van der Waals surface area contributed by atoms with Crippen molar-refractivity contribution in [3.63, 3.8) is 0 Å².